The molecule has 0 bridgehead atoms. The fourth-order valence-electron chi connectivity index (χ4n) is 6.15. The number of hydrogen-bond donors (Lipinski definition) is 1. The van der Waals surface area contributed by atoms with Gasteiger partial charge in [-0.1, -0.05) is 76.1 Å². The molecule has 3 aromatic carbocycles. The fraction of sp³-hybridized carbons (Fsp3) is 0.286. The number of ether oxygens (including phenoxy) is 1. The van der Waals surface area contributed by atoms with Gasteiger partial charge in [-0.3, -0.25) is 9.69 Å². The van der Waals surface area contributed by atoms with E-state index in [-0.39, 0.29) is 30.8 Å². The van der Waals surface area contributed by atoms with Crippen LogP contribution in [0, 0.1) is 0 Å². The molecule has 1 heterocycles. The highest BCUT2D eigenvalue weighted by Crippen LogP contribution is 2.42. The van der Waals surface area contributed by atoms with Gasteiger partial charge >= 0.3 is 12.2 Å². The van der Waals surface area contributed by atoms with Crippen LogP contribution in [-0.4, -0.2) is 66.7 Å². The van der Waals surface area contributed by atoms with E-state index in [0.717, 1.165) is 68.8 Å². The molecule has 6 rings (SSSR count). The molecule has 1 saturated heterocycles. The molecule has 45 heavy (non-hydrogen) atoms. The Bertz CT molecular complexity index is 1680. The average Bonchev–Trinajstić information content (AvgIpc) is 3.61. The van der Waals surface area contributed by atoms with Crippen LogP contribution in [0.4, 0.5) is 4.79 Å². The van der Waals surface area contributed by atoms with E-state index in [1.54, 1.807) is 4.90 Å². The summed E-state index contributed by atoms with van der Waals surface area (Å²) in [6.45, 7) is 5.62. The average molecular weight is 691 g/mol. The van der Waals surface area contributed by atoms with Gasteiger partial charge in [0.2, 0.25) is 0 Å². The molecule has 1 N–H and O–H groups in total. The molecule has 1 atom stereocenters. The first kappa shape index (κ1) is 32.4. The zero-order valence-corrected chi connectivity index (χ0v) is 27.2. The monoisotopic (exact) mass is 689 g/mol. The number of fused-ring (bicyclic) bond motifs is 2. The van der Waals surface area contributed by atoms with E-state index < -0.39 is 0 Å². The van der Waals surface area contributed by atoms with E-state index in [0.29, 0.717) is 19.6 Å². The molecule has 3 aromatic rings. The molecule has 0 spiro atoms. The van der Waals surface area contributed by atoms with Crippen molar-refractivity contribution in [3.8, 4) is 0 Å². The first-order valence-corrected chi connectivity index (χ1v) is 15.9. The van der Waals surface area contributed by atoms with Gasteiger partial charge in [0.1, 0.15) is 6.61 Å². The molecular weight excluding hydrogens is 658 g/mol. The lowest BCUT2D eigenvalue weighted by Crippen LogP contribution is -2.55. The SMILES string of the molecule is C[C@@H]1CN(CCNC(=O)C2=C(C3=Cc4cc(Cl)ccc4C3)Cc3cc(Br)ccc32)CCN1C(=O)OCc1ccccc1.O=C=O. The van der Waals surface area contributed by atoms with Crippen LogP contribution in [0.25, 0.3) is 11.6 Å². The number of benzene rings is 3. The van der Waals surface area contributed by atoms with Gasteiger partial charge in [-0.2, -0.15) is 9.59 Å². The van der Waals surface area contributed by atoms with E-state index in [2.05, 4.69) is 44.4 Å². The van der Waals surface area contributed by atoms with Crippen molar-refractivity contribution in [3.63, 3.8) is 0 Å². The maximum atomic E-state index is 13.7. The van der Waals surface area contributed by atoms with Crippen LogP contribution < -0.4 is 5.32 Å². The van der Waals surface area contributed by atoms with Gasteiger partial charge in [0.15, 0.2) is 0 Å². The lowest BCUT2D eigenvalue weighted by atomic mass is 9.98. The number of carbonyl (C=O) groups is 2. The highest BCUT2D eigenvalue weighted by molar-refractivity contribution is 9.10. The molecule has 2 aliphatic carbocycles. The number of allylic oxidation sites excluding steroid dienone is 2. The number of halogens is 2. The third-order valence-electron chi connectivity index (χ3n) is 8.30. The largest absolute Gasteiger partial charge is 0.445 e. The first-order valence-electron chi connectivity index (χ1n) is 14.8. The van der Waals surface area contributed by atoms with Crippen molar-refractivity contribution in [3.05, 3.63) is 115 Å². The maximum Gasteiger partial charge on any atom is 0.410 e. The number of carbonyl (C=O) groups excluding carboxylic acids is 4. The quantitative estimate of drug-likeness (QED) is 0.331. The lowest BCUT2D eigenvalue weighted by Gasteiger charge is -2.39. The van der Waals surface area contributed by atoms with E-state index in [4.69, 9.17) is 25.9 Å². The van der Waals surface area contributed by atoms with Gasteiger partial charge in [0, 0.05) is 48.3 Å². The van der Waals surface area contributed by atoms with Gasteiger partial charge < -0.3 is 15.0 Å². The van der Waals surface area contributed by atoms with Gasteiger partial charge in [-0.05, 0) is 83.0 Å². The number of hydrogen-bond acceptors (Lipinski definition) is 6. The van der Waals surface area contributed by atoms with Crippen molar-refractivity contribution in [2.75, 3.05) is 32.7 Å². The van der Waals surface area contributed by atoms with Crippen molar-refractivity contribution in [2.45, 2.75) is 32.4 Å². The van der Waals surface area contributed by atoms with Crippen molar-refractivity contribution in [1.29, 1.82) is 0 Å². The summed E-state index contributed by atoms with van der Waals surface area (Å²) in [6, 6.07) is 21.9. The maximum absolute atomic E-state index is 13.7. The zero-order valence-electron chi connectivity index (χ0n) is 24.9. The van der Waals surface area contributed by atoms with Crippen LogP contribution in [0.15, 0.2) is 82.3 Å². The number of piperazine rings is 1. The molecule has 10 heteroatoms. The Morgan fingerprint density at radius 1 is 1.02 bits per heavy atom. The normalized spacial score (nSPS) is 17.0. The van der Waals surface area contributed by atoms with E-state index in [1.807, 2.05) is 61.5 Å². The van der Waals surface area contributed by atoms with Crippen molar-refractivity contribution < 1.29 is 23.9 Å². The zero-order chi connectivity index (χ0) is 31.9. The standard InChI is InChI=1S/C34H33BrClN3O3.CO2/c1-22-20-38(13-14-39(22)34(41)42-21-23-5-3-2-4-6-23)12-11-37-33(40)32-30-10-8-28(35)17-27(30)19-31(32)26-15-24-7-9-29(36)18-25(24)16-26;2-1-3/h2-10,16-18,22H,11-15,19-21H2,1H3,(H,37,40);/t22-;/m1./s1. The fourth-order valence-corrected chi connectivity index (χ4v) is 6.74. The summed E-state index contributed by atoms with van der Waals surface area (Å²) < 4.78 is 6.56. The molecule has 0 aromatic heterocycles. The van der Waals surface area contributed by atoms with Crippen LogP contribution in [0.3, 0.4) is 0 Å². The van der Waals surface area contributed by atoms with Crippen LogP contribution in [0.2, 0.25) is 5.02 Å². The number of nitrogens with zero attached hydrogens (tertiary/aromatic N) is 2. The summed E-state index contributed by atoms with van der Waals surface area (Å²) in [4.78, 5) is 46.7. The smallest absolute Gasteiger partial charge is 0.410 e. The summed E-state index contributed by atoms with van der Waals surface area (Å²) in [7, 11) is 0. The number of nitrogens with one attached hydrogen (secondary N) is 1. The molecule has 1 aliphatic heterocycles. The van der Waals surface area contributed by atoms with E-state index >= 15 is 0 Å². The van der Waals surface area contributed by atoms with Crippen LogP contribution in [0.1, 0.15) is 34.7 Å². The van der Waals surface area contributed by atoms with Crippen LogP contribution in [0.5, 0.6) is 0 Å². The lowest BCUT2D eigenvalue weighted by molar-refractivity contribution is -0.191. The number of amides is 2. The van der Waals surface area contributed by atoms with E-state index in [1.165, 1.54) is 11.1 Å². The van der Waals surface area contributed by atoms with Crippen molar-refractivity contribution in [1.82, 2.24) is 15.1 Å². The Balaban J connectivity index is 0.00000128. The minimum Gasteiger partial charge on any atom is -0.445 e. The molecule has 8 nitrogen and oxygen atoms in total. The third kappa shape index (κ3) is 7.81. The van der Waals surface area contributed by atoms with Crippen molar-refractivity contribution >= 4 is 57.3 Å². The summed E-state index contributed by atoms with van der Waals surface area (Å²) in [5.41, 5.74) is 8.51. The van der Waals surface area contributed by atoms with Crippen LogP contribution in [-0.2, 0) is 38.6 Å². The predicted molar refractivity (Wildman–Crippen MR) is 175 cm³/mol. The second-order valence-corrected chi connectivity index (χ2v) is 12.6. The Kier molecular flexibility index (Phi) is 10.7. The molecule has 1 fully saturated rings. The molecule has 0 radical (unpaired) electrons. The minimum atomic E-state index is -0.282. The van der Waals surface area contributed by atoms with E-state index in [9.17, 15) is 9.59 Å². The second kappa shape index (κ2) is 14.8. The molecule has 0 unspecified atom stereocenters. The van der Waals surface area contributed by atoms with Gasteiger partial charge in [-0.15, -0.1) is 0 Å². The summed E-state index contributed by atoms with van der Waals surface area (Å²) in [6.07, 6.45) is 3.67. The Morgan fingerprint density at radius 2 is 1.80 bits per heavy atom. The highest BCUT2D eigenvalue weighted by Gasteiger charge is 2.31. The van der Waals surface area contributed by atoms with Gasteiger partial charge in [-0.25, -0.2) is 4.79 Å². The first-order chi connectivity index (χ1) is 21.8. The Morgan fingerprint density at radius 3 is 2.56 bits per heavy atom. The minimum absolute atomic E-state index is 0.0247. The molecule has 2 amide bonds. The topological polar surface area (TPSA) is 96.0 Å². The molecular formula is C35H33BrClN3O5. The highest BCUT2D eigenvalue weighted by atomic mass is 79.9. The van der Waals surface area contributed by atoms with Gasteiger partial charge in [0.05, 0.1) is 5.57 Å². The second-order valence-electron chi connectivity index (χ2n) is 11.2. The third-order valence-corrected chi connectivity index (χ3v) is 9.03. The number of rotatable bonds is 7. The molecule has 232 valence electrons. The Hall–Kier alpha value is -4.01. The summed E-state index contributed by atoms with van der Waals surface area (Å²) >= 11 is 9.84. The Labute approximate surface area is 275 Å². The van der Waals surface area contributed by atoms with Crippen LogP contribution >= 0.6 is 27.5 Å². The predicted octanol–water partition coefficient (Wildman–Crippen LogP) is 5.93. The van der Waals surface area contributed by atoms with Crippen molar-refractivity contribution in [2.24, 2.45) is 0 Å². The summed E-state index contributed by atoms with van der Waals surface area (Å²) in [5.74, 6) is -0.0443. The summed E-state index contributed by atoms with van der Waals surface area (Å²) in [5, 5.41) is 3.91. The molecule has 0 saturated carbocycles. The van der Waals surface area contributed by atoms with Gasteiger partial charge in [0.25, 0.3) is 5.91 Å². The molecule has 3 aliphatic rings.